The maximum Gasteiger partial charge on any atom is 0.328 e. The molecule has 0 aliphatic carbocycles. The Morgan fingerprint density at radius 1 is 1.67 bits per heavy atom. The first kappa shape index (κ1) is 8.13. The monoisotopic (exact) mass is 132 g/mol. The minimum absolute atomic E-state index is 0.455. The third-order valence-corrected chi connectivity index (χ3v) is 0.648. The van der Waals surface area contributed by atoms with Gasteiger partial charge in [0.15, 0.2) is 0 Å². The highest BCUT2D eigenvalue weighted by Gasteiger charge is 1.94. The highest BCUT2D eigenvalue weighted by molar-refractivity contribution is 5.79. The van der Waals surface area contributed by atoms with Crippen molar-refractivity contribution in [2.75, 3.05) is 6.61 Å². The third-order valence-electron chi connectivity index (χ3n) is 0.648. The fourth-order valence-corrected chi connectivity index (χ4v) is 0.254. The molecule has 0 amide bonds. The van der Waals surface area contributed by atoms with Gasteiger partial charge in [0.1, 0.15) is 0 Å². The highest BCUT2D eigenvalue weighted by atomic mass is 16.4. The SMILES string of the molecule is O=C(O)/C=C\[C@H](O)CO. The van der Waals surface area contributed by atoms with Crippen LogP contribution in [0.1, 0.15) is 0 Å². The number of hydrogen-bond acceptors (Lipinski definition) is 3. The first-order chi connectivity index (χ1) is 4.16. The van der Waals surface area contributed by atoms with Crippen LogP contribution in [0.4, 0.5) is 0 Å². The second-order valence-corrected chi connectivity index (χ2v) is 1.45. The molecule has 0 saturated heterocycles. The average Bonchev–Trinajstić information content (AvgIpc) is 1.83. The zero-order chi connectivity index (χ0) is 7.28. The third kappa shape index (κ3) is 4.99. The standard InChI is InChI=1S/C5H8O4/c6-3-4(7)1-2-5(8)9/h1-2,4,6-7H,3H2,(H,8,9)/b2-1-/t4-/m0/s1. The number of carboxylic acids is 1. The maximum atomic E-state index is 9.74. The van der Waals surface area contributed by atoms with E-state index in [0.717, 1.165) is 12.2 Å². The van der Waals surface area contributed by atoms with Gasteiger partial charge in [-0.25, -0.2) is 4.79 Å². The lowest BCUT2D eigenvalue weighted by Crippen LogP contribution is -2.08. The molecule has 0 bridgehead atoms. The zero-order valence-electron chi connectivity index (χ0n) is 4.69. The van der Waals surface area contributed by atoms with Gasteiger partial charge in [-0.3, -0.25) is 0 Å². The molecule has 4 heteroatoms. The van der Waals surface area contributed by atoms with E-state index in [4.69, 9.17) is 15.3 Å². The Morgan fingerprint density at radius 3 is 2.56 bits per heavy atom. The van der Waals surface area contributed by atoms with E-state index in [1.54, 1.807) is 0 Å². The van der Waals surface area contributed by atoms with E-state index in [1.165, 1.54) is 0 Å². The van der Waals surface area contributed by atoms with Crippen LogP contribution in [0.2, 0.25) is 0 Å². The van der Waals surface area contributed by atoms with Gasteiger partial charge >= 0.3 is 5.97 Å². The number of carboxylic acid groups (broad SMARTS) is 1. The second kappa shape index (κ2) is 4.05. The minimum Gasteiger partial charge on any atom is -0.478 e. The molecule has 0 spiro atoms. The van der Waals surface area contributed by atoms with Crippen molar-refractivity contribution in [1.82, 2.24) is 0 Å². The van der Waals surface area contributed by atoms with Crippen LogP contribution >= 0.6 is 0 Å². The minimum atomic E-state index is -1.14. The summed E-state index contributed by atoms with van der Waals surface area (Å²) in [6.45, 7) is -0.455. The quantitative estimate of drug-likeness (QED) is 0.429. The molecule has 0 unspecified atom stereocenters. The first-order valence-corrected chi connectivity index (χ1v) is 2.37. The Hall–Kier alpha value is -0.870. The molecule has 0 aromatic carbocycles. The number of aliphatic carboxylic acids is 1. The summed E-state index contributed by atoms with van der Waals surface area (Å²) < 4.78 is 0. The summed E-state index contributed by atoms with van der Waals surface area (Å²) in [5, 5.41) is 24.6. The molecule has 0 aliphatic rings. The van der Waals surface area contributed by atoms with Crippen molar-refractivity contribution in [3.8, 4) is 0 Å². The van der Waals surface area contributed by atoms with Gasteiger partial charge in [0.2, 0.25) is 0 Å². The molecule has 0 aliphatic heterocycles. The highest BCUT2D eigenvalue weighted by Crippen LogP contribution is 1.82. The normalized spacial score (nSPS) is 14.0. The van der Waals surface area contributed by atoms with Gasteiger partial charge in [-0.1, -0.05) is 0 Å². The van der Waals surface area contributed by atoms with E-state index in [9.17, 15) is 4.79 Å². The molecule has 52 valence electrons. The summed E-state index contributed by atoms with van der Waals surface area (Å²) in [5.41, 5.74) is 0. The molecule has 1 atom stereocenters. The molecule has 0 fully saturated rings. The predicted octanol–water partition coefficient (Wildman–Crippen LogP) is -1.02. The van der Waals surface area contributed by atoms with E-state index in [0.29, 0.717) is 0 Å². The largest absolute Gasteiger partial charge is 0.478 e. The molecule has 0 rings (SSSR count). The number of aliphatic hydroxyl groups excluding tert-OH is 2. The lowest BCUT2D eigenvalue weighted by molar-refractivity contribution is -0.131. The maximum absolute atomic E-state index is 9.74. The Morgan fingerprint density at radius 2 is 2.22 bits per heavy atom. The van der Waals surface area contributed by atoms with Gasteiger partial charge in [0.05, 0.1) is 12.7 Å². The molecule has 3 N–H and O–H groups in total. The van der Waals surface area contributed by atoms with Crippen LogP contribution in [0.15, 0.2) is 12.2 Å². The average molecular weight is 132 g/mol. The van der Waals surface area contributed by atoms with Crippen molar-refractivity contribution in [2.45, 2.75) is 6.10 Å². The Labute approximate surface area is 52.1 Å². The van der Waals surface area contributed by atoms with Gasteiger partial charge in [-0.2, -0.15) is 0 Å². The van der Waals surface area contributed by atoms with Crippen molar-refractivity contribution >= 4 is 5.97 Å². The van der Waals surface area contributed by atoms with E-state index in [-0.39, 0.29) is 0 Å². The van der Waals surface area contributed by atoms with E-state index in [1.807, 2.05) is 0 Å². The Kier molecular flexibility index (Phi) is 3.66. The fraction of sp³-hybridized carbons (Fsp3) is 0.400. The van der Waals surface area contributed by atoms with Crippen molar-refractivity contribution in [3.63, 3.8) is 0 Å². The summed E-state index contributed by atoms with van der Waals surface area (Å²) in [6.07, 6.45) is 0.713. The van der Waals surface area contributed by atoms with Crippen LogP contribution in [-0.4, -0.2) is 34.0 Å². The van der Waals surface area contributed by atoms with Gasteiger partial charge in [0, 0.05) is 6.08 Å². The molecule has 0 heterocycles. The van der Waals surface area contributed by atoms with Crippen molar-refractivity contribution < 1.29 is 20.1 Å². The zero-order valence-corrected chi connectivity index (χ0v) is 4.69. The molecule has 0 radical (unpaired) electrons. The van der Waals surface area contributed by atoms with Gasteiger partial charge < -0.3 is 15.3 Å². The topological polar surface area (TPSA) is 77.8 Å². The van der Waals surface area contributed by atoms with Crippen LogP contribution in [0.3, 0.4) is 0 Å². The van der Waals surface area contributed by atoms with E-state index < -0.39 is 18.7 Å². The van der Waals surface area contributed by atoms with Gasteiger partial charge in [-0.05, 0) is 6.08 Å². The number of carbonyl (C=O) groups is 1. The molecule has 0 saturated carbocycles. The smallest absolute Gasteiger partial charge is 0.328 e. The summed E-state index contributed by atoms with van der Waals surface area (Å²) >= 11 is 0. The number of hydrogen-bond donors (Lipinski definition) is 3. The summed E-state index contributed by atoms with van der Waals surface area (Å²) in [6, 6.07) is 0. The molecule has 4 nitrogen and oxygen atoms in total. The van der Waals surface area contributed by atoms with E-state index in [2.05, 4.69) is 0 Å². The lowest BCUT2D eigenvalue weighted by atomic mass is 10.3. The van der Waals surface area contributed by atoms with Crippen LogP contribution in [0.5, 0.6) is 0 Å². The fourth-order valence-electron chi connectivity index (χ4n) is 0.254. The first-order valence-electron chi connectivity index (χ1n) is 2.37. The second-order valence-electron chi connectivity index (χ2n) is 1.45. The van der Waals surface area contributed by atoms with Gasteiger partial charge in [-0.15, -0.1) is 0 Å². The Bertz CT molecular complexity index is 118. The molecular weight excluding hydrogens is 124 g/mol. The van der Waals surface area contributed by atoms with Crippen molar-refractivity contribution in [3.05, 3.63) is 12.2 Å². The summed E-state index contributed by atoms with van der Waals surface area (Å²) in [7, 11) is 0. The van der Waals surface area contributed by atoms with Crippen LogP contribution in [-0.2, 0) is 4.79 Å². The lowest BCUT2D eigenvalue weighted by Gasteiger charge is -1.95. The molecule has 9 heavy (non-hydrogen) atoms. The summed E-state index contributed by atoms with van der Waals surface area (Å²) in [4.78, 5) is 9.74. The molecule has 0 aromatic heterocycles. The predicted molar refractivity (Wildman–Crippen MR) is 29.9 cm³/mol. The van der Waals surface area contributed by atoms with Crippen molar-refractivity contribution in [1.29, 1.82) is 0 Å². The number of aliphatic hydroxyl groups is 2. The molecule has 0 aromatic rings. The van der Waals surface area contributed by atoms with Gasteiger partial charge in [0.25, 0.3) is 0 Å². The Balaban J connectivity index is 3.56. The van der Waals surface area contributed by atoms with Crippen LogP contribution in [0.25, 0.3) is 0 Å². The van der Waals surface area contributed by atoms with Crippen LogP contribution in [0, 0.1) is 0 Å². The van der Waals surface area contributed by atoms with Crippen molar-refractivity contribution in [2.24, 2.45) is 0 Å². The molecular formula is C5H8O4. The van der Waals surface area contributed by atoms with E-state index >= 15 is 0 Å². The number of rotatable bonds is 3. The van der Waals surface area contributed by atoms with Crippen LogP contribution < -0.4 is 0 Å². The summed E-state index contributed by atoms with van der Waals surface area (Å²) in [5.74, 6) is -1.14.